The summed E-state index contributed by atoms with van der Waals surface area (Å²) in [5.41, 5.74) is 1.72. The molecule has 1 atom stereocenters. The maximum Gasteiger partial charge on any atom is 0.145 e. The van der Waals surface area contributed by atoms with Gasteiger partial charge in [-0.05, 0) is 25.3 Å². The third-order valence-corrected chi connectivity index (χ3v) is 3.43. The zero-order valence-corrected chi connectivity index (χ0v) is 9.63. The highest BCUT2D eigenvalue weighted by molar-refractivity contribution is 5.85. The molecule has 0 radical (unpaired) electrons. The summed E-state index contributed by atoms with van der Waals surface area (Å²) >= 11 is 0. The Bertz CT molecular complexity index is 574. The van der Waals surface area contributed by atoms with Crippen molar-refractivity contribution in [3.63, 3.8) is 0 Å². The normalized spacial score (nSPS) is 19.6. The van der Waals surface area contributed by atoms with E-state index in [2.05, 4.69) is 17.1 Å². The Morgan fingerprint density at radius 2 is 2.18 bits per heavy atom. The van der Waals surface area contributed by atoms with Gasteiger partial charge in [-0.2, -0.15) is 0 Å². The third kappa shape index (κ3) is 1.80. The van der Waals surface area contributed by atoms with Crippen LogP contribution >= 0.6 is 0 Å². The quantitative estimate of drug-likeness (QED) is 0.749. The smallest absolute Gasteiger partial charge is 0.145 e. The number of rotatable bonds is 1. The third-order valence-electron chi connectivity index (χ3n) is 3.43. The van der Waals surface area contributed by atoms with Crippen LogP contribution in [0, 0.1) is 0 Å². The minimum absolute atomic E-state index is 0.343. The molecule has 0 spiro atoms. The molecule has 3 rings (SSSR count). The lowest BCUT2D eigenvalue weighted by Gasteiger charge is -2.18. The zero-order chi connectivity index (χ0) is 11.7. The predicted octanol–water partition coefficient (Wildman–Crippen LogP) is 3.76. The Morgan fingerprint density at radius 1 is 1.24 bits per heavy atom. The van der Waals surface area contributed by atoms with E-state index in [1.165, 1.54) is 6.42 Å². The average Bonchev–Trinajstić information content (AvgIpc) is 2.40. The Morgan fingerprint density at radius 3 is 3.00 bits per heavy atom. The van der Waals surface area contributed by atoms with Crippen LogP contribution in [0.3, 0.4) is 0 Å². The molecule has 1 aliphatic carbocycles. The highest BCUT2D eigenvalue weighted by atomic mass is 16.3. The van der Waals surface area contributed by atoms with Gasteiger partial charge in [-0.25, -0.2) is 0 Å². The number of hydrogen-bond donors (Lipinski definition) is 1. The molecule has 2 nitrogen and oxygen atoms in total. The van der Waals surface area contributed by atoms with Crippen LogP contribution in [0.15, 0.2) is 42.6 Å². The van der Waals surface area contributed by atoms with Crippen LogP contribution < -0.4 is 0 Å². The van der Waals surface area contributed by atoms with Crippen LogP contribution in [0.4, 0.5) is 0 Å². The molecule has 1 aliphatic rings. The molecule has 2 heteroatoms. The lowest BCUT2D eigenvalue weighted by Crippen LogP contribution is -2.00. The monoisotopic (exact) mass is 225 g/mol. The number of nitrogens with zero attached hydrogens (tertiary/aromatic N) is 1. The molecule has 1 aromatic heterocycles. The van der Waals surface area contributed by atoms with E-state index >= 15 is 0 Å². The van der Waals surface area contributed by atoms with Gasteiger partial charge in [-0.1, -0.05) is 30.4 Å². The molecule has 17 heavy (non-hydrogen) atoms. The number of hydrogen-bond acceptors (Lipinski definition) is 2. The van der Waals surface area contributed by atoms with E-state index in [1.54, 1.807) is 6.20 Å². The van der Waals surface area contributed by atoms with Gasteiger partial charge in [0.05, 0.1) is 0 Å². The fraction of sp³-hybridized carbons (Fsp3) is 0.267. The van der Waals surface area contributed by atoms with Crippen molar-refractivity contribution in [2.75, 3.05) is 0 Å². The van der Waals surface area contributed by atoms with Crippen molar-refractivity contribution in [2.24, 2.45) is 0 Å². The van der Waals surface area contributed by atoms with Gasteiger partial charge >= 0.3 is 0 Å². The highest BCUT2D eigenvalue weighted by Gasteiger charge is 2.16. The first kappa shape index (κ1) is 10.3. The van der Waals surface area contributed by atoms with Gasteiger partial charge in [0.2, 0.25) is 0 Å². The average molecular weight is 225 g/mol. The molecule has 0 aliphatic heterocycles. The van der Waals surface area contributed by atoms with Crippen LogP contribution in [-0.4, -0.2) is 10.1 Å². The molecule has 1 heterocycles. The number of benzene rings is 1. The standard InChI is InChI=1S/C15H15NO/c17-15-13(11-5-2-1-3-6-11)9-8-12-7-4-10-16-14(12)15/h2,4-5,7-11,17H,1,3,6H2. The van der Waals surface area contributed by atoms with Crippen molar-refractivity contribution in [1.29, 1.82) is 0 Å². The number of pyridine rings is 1. The van der Waals surface area contributed by atoms with Gasteiger partial charge < -0.3 is 5.11 Å². The Balaban J connectivity index is 2.14. The van der Waals surface area contributed by atoms with E-state index < -0.39 is 0 Å². The SMILES string of the molecule is Oc1c(C2C=CCCC2)ccc2cccnc12. The van der Waals surface area contributed by atoms with Crippen LogP contribution in [0.25, 0.3) is 10.9 Å². The lowest BCUT2D eigenvalue weighted by molar-refractivity contribution is 0.467. The van der Waals surface area contributed by atoms with Crippen molar-refractivity contribution in [2.45, 2.75) is 25.2 Å². The van der Waals surface area contributed by atoms with E-state index in [4.69, 9.17) is 0 Å². The molecule has 1 N–H and O–H groups in total. The summed E-state index contributed by atoms with van der Waals surface area (Å²) in [6.07, 6.45) is 9.60. The van der Waals surface area contributed by atoms with Crippen LogP contribution in [0.2, 0.25) is 0 Å². The summed E-state index contributed by atoms with van der Waals surface area (Å²) in [4.78, 5) is 4.26. The highest BCUT2D eigenvalue weighted by Crippen LogP contribution is 2.36. The molecular weight excluding hydrogens is 210 g/mol. The second-order valence-electron chi connectivity index (χ2n) is 4.54. The second kappa shape index (κ2) is 4.21. The van der Waals surface area contributed by atoms with E-state index in [0.29, 0.717) is 17.2 Å². The van der Waals surface area contributed by atoms with Gasteiger partial charge in [-0.3, -0.25) is 4.98 Å². The summed E-state index contributed by atoms with van der Waals surface area (Å²) in [6, 6.07) is 7.93. The maximum atomic E-state index is 10.3. The number of phenols is 1. The Labute approximate surface area is 101 Å². The molecule has 0 saturated heterocycles. The molecule has 1 unspecified atom stereocenters. The van der Waals surface area contributed by atoms with Gasteiger partial charge in [0.15, 0.2) is 0 Å². The Hall–Kier alpha value is -1.83. The number of aromatic hydroxyl groups is 1. The first-order chi connectivity index (χ1) is 8.36. The van der Waals surface area contributed by atoms with E-state index in [1.807, 2.05) is 24.3 Å². The number of fused-ring (bicyclic) bond motifs is 1. The first-order valence-corrected chi connectivity index (χ1v) is 6.09. The summed E-state index contributed by atoms with van der Waals surface area (Å²) in [7, 11) is 0. The van der Waals surface area contributed by atoms with E-state index in [9.17, 15) is 5.11 Å². The van der Waals surface area contributed by atoms with E-state index in [-0.39, 0.29) is 0 Å². The largest absolute Gasteiger partial charge is 0.505 e. The van der Waals surface area contributed by atoms with Crippen molar-refractivity contribution in [3.05, 3.63) is 48.2 Å². The lowest BCUT2D eigenvalue weighted by atomic mass is 9.88. The molecule has 0 saturated carbocycles. The minimum atomic E-state index is 0.343. The number of aromatic nitrogens is 1. The Kier molecular flexibility index (Phi) is 2.56. The topological polar surface area (TPSA) is 33.1 Å². The molecule has 1 aromatic carbocycles. The second-order valence-corrected chi connectivity index (χ2v) is 4.54. The molecule has 0 bridgehead atoms. The summed E-state index contributed by atoms with van der Waals surface area (Å²) in [5.74, 6) is 0.690. The first-order valence-electron chi connectivity index (χ1n) is 6.09. The van der Waals surface area contributed by atoms with Crippen LogP contribution in [-0.2, 0) is 0 Å². The zero-order valence-electron chi connectivity index (χ0n) is 9.63. The molecule has 0 amide bonds. The minimum Gasteiger partial charge on any atom is -0.505 e. The molecular formula is C15H15NO. The molecule has 2 aromatic rings. The fourth-order valence-electron chi connectivity index (χ4n) is 2.52. The predicted molar refractivity (Wildman–Crippen MR) is 69.1 cm³/mol. The summed E-state index contributed by atoms with van der Waals surface area (Å²) in [5, 5.41) is 11.3. The number of phenolic OH excluding ortho intramolecular Hbond substituents is 1. The van der Waals surface area contributed by atoms with Crippen LogP contribution in [0.1, 0.15) is 30.7 Å². The van der Waals surface area contributed by atoms with Gasteiger partial charge in [0, 0.05) is 23.1 Å². The van der Waals surface area contributed by atoms with Gasteiger partial charge in [0.25, 0.3) is 0 Å². The van der Waals surface area contributed by atoms with Crippen molar-refractivity contribution >= 4 is 10.9 Å². The van der Waals surface area contributed by atoms with Crippen molar-refractivity contribution in [1.82, 2.24) is 4.98 Å². The van der Waals surface area contributed by atoms with Crippen molar-refractivity contribution < 1.29 is 5.11 Å². The molecule has 86 valence electrons. The fourth-order valence-corrected chi connectivity index (χ4v) is 2.52. The van der Waals surface area contributed by atoms with Gasteiger partial charge in [0.1, 0.15) is 11.3 Å². The molecule has 0 fully saturated rings. The van der Waals surface area contributed by atoms with Crippen molar-refractivity contribution in [3.8, 4) is 5.75 Å². The van der Waals surface area contributed by atoms with Gasteiger partial charge in [-0.15, -0.1) is 0 Å². The number of allylic oxidation sites excluding steroid dienone is 2. The van der Waals surface area contributed by atoms with E-state index in [0.717, 1.165) is 23.8 Å². The maximum absolute atomic E-state index is 10.3. The van der Waals surface area contributed by atoms with Crippen LogP contribution in [0.5, 0.6) is 5.75 Å². The summed E-state index contributed by atoms with van der Waals surface area (Å²) < 4.78 is 0. The summed E-state index contributed by atoms with van der Waals surface area (Å²) in [6.45, 7) is 0.